The van der Waals surface area contributed by atoms with E-state index in [1.165, 1.54) is 6.26 Å². The van der Waals surface area contributed by atoms with Crippen LogP contribution < -0.4 is 5.32 Å². The summed E-state index contributed by atoms with van der Waals surface area (Å²) in [6.07, 6.45) is 1.98. The topological polar surface area (TPSA) is 115 Å². The molecule has 2 aromatic heterocycles. The van der Waals surface area contributed by atoms with Crippen molar-refractivity contribution in [3.05, 3.63) is 70.4 Å². The lowest BCUT2D eigenvalue weighted by atomic mass is 10.1. The van der Waals surface area contributed by atoms with Crippen LogP contribution in [-0.2, 0) is 16.4 Å². The fourth-order valence-electron chi connectivity index (χ4n) is 4.26. The van der Waals surface area contributed by atoms with E-state index in [4.69, 9.17) is 4.42 Å². The predicted molar refractivity (Wildman–Crippen MR) is 128 cm³/mol. The largest absolute Gasteiger partial charge is 0.459 e. The number of anilines is 1. The van der Waals surface area contributed by atoms with E-state index >= 15 is 0 Å². The third-order valence-electron chi connectivity index (χ3n) is 6.25. The summed E-state index contributed by atoms with van der Waals surface area (Å²) in [6.45, 7) is 5.96. The highest BCUT2D eigenvalue weighted by Gasteiger charge is 2.31. The van der Waals surface area contributed by atoms with Crippen LogP contribution in [0.2, 0.25) is 0 Å². The molecule has 4 rings (SSSR count). The molecule has 0 spiro atoms. The van der Waals surface area contributed by atoms with Crippen LogP contribution in [0.5, 0.6) is 0 Å². The molecule has 1 N–H and O–H groups in total. The van der Waals surface area contributed by atoms with Crippen LogP contribution in [-0.4, -0.2) is 53.5 Å². The minimum Gasteiger partial charge on any atom is -0.459 e. The van der Waals surface area contributed by atoms with Crippen LogP contribution >= 0.6 is 0 Å². The summed E-state index contributed by atoms with van der Waals surface area (Å²) in [5, 5.41) is 7.37. The molecule has 1 saturated heterocycles. The van der Waals surface area contributed by atoms with E-state index in [0.717, 1.165) is 22.5 Å². The van der Waals surface area contributed by atoms with Crippen LogP contribution in [0.15, 0.2) is 41.0 Å². The van der Waals surface area contributed by atoms with E-state index in [0.29, 0.717) is 24.2 Å². The summed E-state index contributed by atoms with van der Waals surface area (Å²) in [5.74, 6) is -0.136. The molecule has 180 valence electrons. The highest BCUT2D eigenvalue weighted by molar-refractivity contribution is 7.91. The molecule has 1 aliphatic rings. The Morgan fingerprint density at radius 3 is 2.65 bits per heavy atom. The molecular weight excluding hydrogens is 456 g/mol. The Bertz CT molecular complexity index is 1340. The molecule has 1 fully saturated rings. The molecule has 2 amide bonds. The van der Waals surface area contributed by atoms with Crippen LogP contribution in [0.3, 0.4) is 0 Å². The second kappa shape index (κ2) is 9.09. The van der Waals surface area contributed by atoms with Gasteiger partial charge in [0.2, 0.25) is 0 Å². The zero-order chi connectivity index (χ0) is 24.6. The van der Waals surface area contributed by atoms with Gasteiger partial charge in [0, 0.05) is 36.1 Å². The average Bonchev–Trinajstić information content (AvgIpc) is 3.51. The van der Waals surface area contributed by atoms with Crippen molar-refractivity contribution in [1.82, 2.24) is 14.7 Å². The lowest BCUT2D eigenvalue weighted by Gasteiger charge is -2.19. The van der Waals surface area contributed by atoms with Crippen molar-refractivity contribution in [2.24, 2.45) is 0 Å². The molecular formula is C24H28N4O5S. The number of rotatable bonds is 6. The molecule has 34 heavy (non-hydrogen) atoms. The number of carbonyl (C=O) groups excluding carboxylic acids is 2. The van der Waals surface area contributed by atoms with Crippen molar-refractivity contribution >= 4 is 27.3 Å². The molecule has 0 radical (unpaired) electrons. The second-order valence-electron chi connectivity index (χ2n) is 8.77. The fraction of sp³-hybridized carbons (Fsp3) is 0.375. The van der Waals surface area contributed by atoms with Crippen LogP contribution in [0.1, 0.15) is 55.9 Å². The normalized spacial score (nSPS) is 17.0. The van der Waals surface area contributed by atoms with Crippen LogP contribution in [0.25, 0.3) is 0 Å². The van der Waals surface area contributed by atoms with Crippen molar-refractivity contribution in [2.45, 2.75) is 39.8 Å². The molecule has 3 aromatic rings. The maximum absolute atomic E-state index is 13.2. The Balaban J connectivity index is 1.51. The number of aromatic nitrogens is 2. The second-order valence-corrected chi connectivity index (χ2v) is 11.0. The first-order valence-corrected chi connectivity index (χ1v) is 12.8. The molecule has 0 aliphatic carbocycles. The molecule has 1 aliphatic heterocycles. The number of nitrogens with zero attached hydrogens (tertiary/aromatic N) is 3. The van der Waals surface area contributed by atoms with E-state index in [9.17, 15) is 18.0 Å². The van der Waals surface area contributed by atoms with Crippen molar-refractivity contribution in [3.63, 3.8) is 0 Å². The van der Waals surface area contributed by atoms with E-state index in [2.05, 4.69) is 10.4 Å². The highest BCUT2D eigenvalue weighted by Crippen LogP contribution is 2.27. The number of benzene rings is 1. The summed E-state index contributed by atoms with van der Waals surface area (Å²) in [6, 6.07) is 8.20. The summed E-state index contributed by atoms with van der Waals surface area (Å²) in [5.41, 5.74) is 4.33. The van der Waals surface area contributed by atoms with E-state index in [1.54, 1.807) is 47.0 Å². The van der Waals surface area contributed by atoms with Crippen molar-refractivity contribution in [3.8, 4) is 0 Å². The van der Waals surface area contributed by atoms with Gasteiger partial charge < -0.3 is 14.6 Å². The van der Waals surface area contributed by atoms with Gasteiger partial charge in [-0.05, 0) is 57.0 Å². The summed E-state index contributed by atoms with van der Waals surface area (Å²) >= 11 is 0. The van der Waals surface area contributed by atoms with Crippen molar-refractivity contribution in [1.29, 1.82) is 0 Å². The number of sulfone groups is 1. The van der Waals surface area contributed by atoms with Crippen molar-refractivity contribution < 1.29 is 22.4 Å². The van der Waals surface area contributed by atoms with E-state index < -0.39 is 15.7 Å². The highest BCUT2D eigenvalue weighted by atomic mass is 32.2. The van der Waals surface area contributed by atoms with Gasteiger partial charge in [0.1, 0.15) is 0 Å². The Hall–Kier alpha value is -3.40. The Labute approximate surface area is 198 Å². The number of hydrogen-bond acceptors (Lipinski definition) is 6. The standard InChI is InChI=1S/C24H28N4O5S/c1-15-7-8-18(12-21(15)25-23(29)22-6-5-10-33-22)24(30)27(4)13-20-16(2)26-28(17(20)3)19-9-11-34(31,32)14-19/h5-8,10,12,19H,9,11,13-14H2,1-4H3,(H,25,29). The quantitative estimate of drug-likeness (QED) is 0.574. The zero-order valence-corrected chi connectivity index (χ0v) is 20.5. The number of carbonyl (C=O) groups is 2. The molecule has 0 bridgehead atoms. The first kappa shape index (κ1) is 23.7. The molecule has 3 heterocycles. The fourth-order valence-corrected chi connectivity index (χ4v) is 5.95. The maximum atomic E-state index is 13.2. The first-order chi connectivity index (χ1) is 16.1. The third kappa shape index (κ3) is 4.77. The van der Waals surface area contributed by atoms with Gasteiger partial charge in [0.15, 0.2) is 15.6 Å². The van der Waals surface area contributed by atoms with E-state index in [1.807, 2.05) is 20.8 Å². The molecule has 1 aromatic carbocycles. The number of hydrogen-bond donors (Lipinski definition) is 1. The number of nitrogens with one attached hydrogen (secondary N) is 1. The smallest absolute Gasteiger partial charge is 0.291 e. The molecule has 0 saturated carbocycles. The Morgan fingerprint density at radius 2 is 2.00 bits per heavy atom. The van der Waals surface area contributed by atoms with Gasteiger partial charge in [-0.15, -0.1) is 0 Å². The average molecular weight is 485 g/mol. The van der Waals surface area contributed by atoms with Gasteiger partial charge in [-0.25, -0.2) is 8.42 Å². The monoisotopic (exact) mass is 484 g/mol. The van der Waals surface area contributed by atoms with Crippen LogP contribution in [0.4, 0.5) is 5.69 Å². The summed E-state index contributed by atoms with van der Waals surface area (Å²) in [4.78, 5) is 27.1. The summed E-state index contributed by atoms with van der Waals surface area (Å²) < 4.78 is 30.7. The van der Waals surface area contributed by atoms with Crippen molar-refractivity contribution in [2.75, 3.05) is 23.9 Å². The third-order valence-corrected chi connectivity index (χ3v) is 8.00. The maximum Gasteiger partial charge on any atom is 0.291 e. The Morgan fingerprint density at radius 1 is 1.24 bits per heavy atom. The van der Waals surface area contributed by atoms with Gasteiger partial charge in [-0.2, -0.15) is 5.10 Å². The molecule has 1 unspecified atom stereocenters. The summed E-state index contributed by atoms with van der Waals surface area (Å²) in [7, 11) is -1.32. The Kier molecular flexibility index (Phi) is 6.35. The van der Waals surface area contributed by atoms with Gasteiger partial charge in [-0.1, -0.05) is 6.07 Å². The lowest BCUT2D eigenvalue weighted by Crippen LogP contribution is -2.27. The molecule has 10 heteroatoms. The minimum atomic E-state index is -3.03. The number of furan rings is 1. The number of amides is 2. The molecule has 9 nitrogen and oxygen atoms in total. The van der Waals surface area contributed by atoms with Gasteiger partial charge in [-0.3, -0.25) is 14.3 Å². The molecule has 1 atom stereocenters. The van der Waals surface area contributed by atoms with Crippen LogP contribution in [0, 0.1) is 20.8 Å². The number of aryl methyl sites for hydroxylation is 2. The van der Waals surface area contributed by atoms with E-state index in [-0.39, 0.29) is 29.2 Å². The lowest BCUT2D eigenvalue weighted by molar-refractivity contribution is 0.0784. The van der Waals surface area contributed by atoms with Gasteiger partial charge in [0.25, 0.3) is 11.8 Å². The van der Waals surface area contributed by atoms with Gasteiger partial charge in [0.05, 0.1) is 29.5 Å². The minimum absolute atomic E-state index is 0.0963. The first-order valence-electron chi connectivity index (χ1n) is 11.0. The SMILES string of the molecule is Cc1ccc(C(=O)N(C)Cc2c(C)nn(C3CCS(=O)(=O)C3)c2C)cc1NC(=O)c1ccco1. The van der Waals surface area contributed by atoms with Gasteiger partial charge >= 0.3 is 0 Å². The predicted octanol–water partition coefficient (Wildman–Crippen LogP) is 3.29. The zero-order valence-electron chi connectivity index (χ0n) is 19.7.